The second-order valence-electron chi connectivity index (χ2n) is 6.97. The van der Waals surface area contributed by atoms with E-state index < -0.39 is 0 Å². The minimum absolute atomic E-state index is 0.00757. The van der Waals surface area contributed by atoms with Crippen LogP contribution in [0.15, 0.2) is 48.5 Å². The zero-order valence-corrected chi connectivity index (χ0v) is 15.3. The van der Waals surface area contributed by atoms with Crippen LogP contribution in [-0.2, 0) is 0 Å². The van der Waals surface area contributed by atoms with E-state index in [9.17, 15) is 10.1 Å². The first-order chi connectivity index (χ1) is 12.6. The Morgan fingerprint density at radius 3 is 2.42 bits per heavy atom. The summed E-state index contributed by atoms with van der Waals surface area (Å²) in [7, 11) is 0. The SMILES string of the molecule is CC(C)C(Nc1cc(N2CCNCC2)ccc1[N+](=O)[O-])c1ccccc1. The normalized spacial score (nSPS) is 15.7. The van der Waals surface area contributed by atoms with Crippen LogP contribution in [0.4, 0.5) is 17.1 Å². The molecular weight excluding hydrogens is 328 g/mol. The summed E-state index contributed by atoms with van der Waals surface area (Å²) in [6.07, 6.45) is 0. The van der Waals surface area contributed by atoms with Crippen molar-refractivity contribution in [3.8, 4) is 0 Å². The molecule has 0 bridgehead atoms. The van der Waals surface area contributed by atoms with E-state index in [0.717, 1.165) is 37.4 Å². The highest BCUT2D eigenvalue weighted by Crippen LogP contribution is 2.34. The maximum absolute atomic E-state index is 11.5. The van der Waals surface area contributed by atoms with Gasteiger partial charge in [-0.2, -0.15) is 0 Å². The topological polar surface area (TPSA) is 70.4 Å². The van der Waals surface area contributed by atoms with Crippen LogP contribution in [0.25, 0.3) is 0 Å². The van der Waals surface area contributed by atoms with Gasteiger partial charge in [0.05, 0.1) is 11.0 Å². The molecule has 1 atom stereocenters. The summed E-state index contributed by atoms with van der Waals surface area (Å²) < 4.78 is 0. The van der Waals surface area contributed by atoms with Crippen LogP contribution in [0, 0.1) is 16.0 Å². The molecule has 0 radical (unpaired) electrons. The molecule has 0 aliphatic carbocycles. The van der Waals surface area contributed by atoms with Gasteiger partial charge in [0.15, 0.2) is 0 Å². The van der Waals surface area contributed by atoms with E-state index in [2.05, 4.69) is 41.5 Å². The van der Waals surface area contributed by atoms with E-state index in [1.807, 2.05) is 30.3 Å². The molecule has 3 rings (SSSR count). The highest BCUT2D eigenvalue weighted by molar-refractivity contribution is 5.70. The smallest absolute Gasteiger partial charge is 0.292 e. The van der Waals surface area contributed by atoms with Gasteiger partial charge in [-0.3, -0.25) is 10.1 Å². The van der Waals surface area contributed by atoms with Crippen molar-refractivity contribution in [3.05, 3.63) is 64.2 Å². The number of hydrogen-bond acceptors (Lipinski definition) is 5. The monoisotopic (exact) mass is 354 g/mol. The van der Waals surface area contributed by atoms with E-state index in [0.29, 0.717) is 11.6 Å². The molecule has 1 heterocycles. The Bertz CT molecular complexity index is 743. The van der Waals surface area contributed by atoms with Gasteiger partial charge in [0.1, 0.15) is 5.69 Å². The first-order valence-electron chi connectivity index (χ1n) is 9.12. The Hall–Kier alpha value is -2.60. The predicted octanol–water partition coefficient (Wildman–Crippen LogP) is 3.81. The first kappa shape index (κ1) is 18.2. The van der Waals surface area contributed by atoms with Crippen molar-refractivity contribution in [3.63, 3.8) is 0 Å². The fraction of sp³-hybridized carbons (Fsp3) is 0.400. The molecule has 0 aromatic heterocycles. The van der Waals surface area contributed by atoms with Gasteiger partial charge in [0.2, 0.25) is 0 Å². The van der Waals surface area contributed by atoms with Crippen molar-refractivity contribution in [1.29, 1.82) is 0 Å². The van der Waals surface area contributed by atoms with Crippen molar-refractivity contribution in [2.75, 3.05) is 36.4 Å². The lowest BCUT2D eigenvalue weighted by Crippen LogP contribution is -2.43. The van der Waals surface area contributed by atoms with Crippen LogP contribution >= 0.6 is 0 Å². The second kappa shape index (κ2) is 8.19. The van der Waals surface area contributed by atoms with Gasteiger partial charge < -0.3 is 15.5 Å². The molecule has 2 aromatic carbocycles. The van der Waals surface area contributed by atoms with Gasteiger partial charge in [-0.25, -0.2) is 0 Å². The summed E-state index contributed by atoms with van der Waals surface area (Å²) in [6, 6.07) is 15.5. The molecule has 1 aliphatic heterocycles. The van der Waals surface area contributed by atoms with Gasteiger partial charge in [0, 0.05) is 37.9 Å². The van der Waals surface area contributed by atoms with Crippen LogP contribution in [0.3, 0.4) is 0 Å². The Morgan fingerprint density at radius 2 is 1.81 bits per heavy atom. The molecule has 0 spiro atoms. The molecule has 26 heavy (non-hydrogen) atoms. The summed E-state index contributed by atoms with van der Waals surface area (Å²) in [5.41, 5.74) is 2.85. The average molecular weight is 354 g/mol. The number of nitro groups is 1. The molecule has 2 N–H and O–H groups in total. The second-order valence-corrected chi connectivity index (χ2v) is 6.97. The minimum atomic E-state index is -0.313. The summed E-state index contributed by atoms with van der Waals surface area (Å²) in [4.78, 5) is 13.5. The van der Waals surface area contributed by atoms with Gasteiger partial charge in [-0.1, -0.05) is 44.2 Å². The van der Waals surface area contributed by atoms with E-state index in [-0.39, 0.29) is 16.7 Å². The summed E-state index contributed by atoms with van der Waals surface area (Å²) >= 11 is 0. The summed E-state index contributed by atoms with van der Waals surface area (Å²) in [5.74, 6) is 0.292. The number of hydrogen-bond donors (Lipinski definition) is 2. The van der Waals surface area contributed by atoms with Crippen LogP contribution in [-0.4, -0.2) is 31.1 Å². The van der Waals surface area contributed by atoms with Crippen LogP contribution in [0.1, 0.15) is 25.5 Å². The first-order valence-corrected chi connectivity index (χ1v) is 9.12. The lowest BCUT2D eigenvalue weighted by Gasteiger charge is -2.30. The Balaban J connectivity index is 1.93. The van der Waals surface area contributed by atoms with Crippen LogP contribution < -0.4 is 15.5 Å². The third kappa shape index (κ3) is 4.14. The number of rotatable bonds is 6. The van der Waals surface area contributed by atoms with Gasteiger partial charge in [0.25, 0.3) is 5.69 Å². The van der Waals surface area contributed by atoms with Gasteiger partial charge >= 0.3 is 0 Å². The molecule has 1 saturated heterocycles. The fourth-order valence-electron chi connectivity index (χ4n) is 3.38. The maximum Gasteiger partial charge on any atom is 0.292 e. The van der Waals surface area contributed by atoms with Crippen molar-refractivity contribution in [1.82, 2.24) is 5.32 Å². The van der Waals surface area contributed by atoms with Crippen molar-refractivity contribution in [2.24, 2.45) is 5.92 Å². The van der Waals surface area contributed by atoms with Gasteiger partial charge in [-0.15, -0.1) is 0 Å². The molecule has 1 fully saturated rings. The lowest BCUT2D eigenvalue weighted by atomic mass is 9.95. The van der Waals surface area contributed by atoms with E-state index >= 15 is 0 Å². The average Bonchev–Trinajstić information content (AvgIpc) is 2.67. The molecular formula is C20H26N4O2. The molecule has 1 unspecified atom stereocenters. The number of nitro benzene ring substituents is 1. The Labute approximate surface area is 154 Å². The largest absolute Gasteiger partial charge is 0.372 e. The van der Waals surface area contributed by atoms with Crippen molar-refractivity contribution >= 4 is 17.1 Å². The van der Waals surface area contributed by atoms with Gasteiger partial charge in [-0.05, 0) is 23.6 Å². The number of anilines is 2. The Morgan fingerprint density at radius 1 is 1.12 bits per heavy atom. The fourth-order valence-corrected chi connectivity index (χ4v) is 3.38. The van der Waals surface area contributed by atoms with Crippen molar-refractivity contribution in [2.45, 2.75) is 19.9 Å². The predicted molar refractivity (Wildman–Crippen MR) is 106 cm³/mol. The van der Waals surface area contributed by atoms with E-state index in [1.165, 1.54) is 0 Å². The number of piperazine rings is 1. The standard InChI is InChI=1S/C20H26N4O2/c1-15(2)20(16-6-4-3-5-7-16)22-18-14-17(8-9-19(18)24(25)26)23-12-10-21-11-13-23/h3-9,14-15,20-22H,10-13H2,1-2H3. The summed E-state index contributed by atoms with van der Waals surface area (Å²) in [5, 5.41) is 18.3. The number of nitrogens with zero attached hydrogens (tertiary/aromatic N) is 2. The molecule has 0 saturated carbocycles. The maximum atomic E-state index is 11.5. The third-order valence-electron chi connectivity index (χ3n) is 4.80. The lowest BCUT2D eigenvalue weighted by molar-refractivity contribution is -0.384. The number of nitrogens with one attached hydrogen (secondary N) is 2. The van der Waals surface area contributed by atoms with Crippen molar-refractivity contribution < 1.29 is 4.92 Å². The third-order valence-corrected chi connectivity index (χ3v) is 4.80. The Kier molecular flexibility index (Phi) is 5.73. The highest BCUT2D eigenvalue weighted by atomic mass is 16.6. The van der Waals surface area contributed by atoms with Crippen LogP contribution in [0.5, 0.6) is 0 Å². The van der Waals surface area contributed by atoms with E-state index in [4.69, 9.17) is 0 Å². The zero-order valence-electron chi connectivity index (χ0n) is 15.3. The molecule has 6 heteroatoms. The number of benzene rings is 2. The molecule has 138 valence electrons. The molecule has 1 aliphatic rings. The molecule has 6 nitrogen and oxygen atoms in total. The highest BCUT2D eigenvalue weighted by Gasteiger charge is 2.22. The van der Waals surface area contributed by atoms with Crippen LogP contribution in [0.2, 0.25) is 0 Å². The quantitative estimate of drug-likeness (QED) is 0.610. The minimum Gasteiger partial charge on any atom is -0.372 e. The van der Waals surface area contributed by atoms with E-state index in [1.54, 1.807) is 6.07 Å². The zero-order chi connectivity index (χ0) is 18.5. The molecule has 2 aromatic rings. The molecule has 0 amide bonds. The summed E-state index contributed by atoms with van der Waals surface area (Å²) in [6.45, 7) is 7.91.